The Kier molecular flexibility index (Phi) is 3.38. The number of nitrogens with zero attached hydrogens (tertiary/aromatic N) is 1. The minimum Gasteiger partial charge on any atom is -0.506 e. The van der Waals surface area contributed by atoms with Crippen LogP contribution in [-0.2, 0) is 0 Å². The number of aromatic hydroxyl groups is 1. The maximum absolute atomic E-state index is 9.67. The third-order valence-electron chi connectivity index (χ3n) is 2.18. The van der Waals surface area contributed by atoms with Gasteiger partial charge in [-0.05, 0) is 25.0 Å². The smallest absolute Gasteiger partial charge is 0.138 e. The van der Waals surface area contributed by atoms with Crippen molar-refractivity contribution in [2.45, 2.75) is 26.2 Å². The molecule has 0 aliphatic carbocycles. The van der Waals surface area contributed by atoms with Crippen molar-refractivity contribution in [2.75, 3.05) is 0 Å². The second-order valence-corrected chi connectivity index (χ2v) is 3.68. The zero-order valence-corrected chi connectivity index (χ0v) is 8.97. The van der Waals surface area contributed by atoms with E-state index in [9.17, 15) is 5.11 Å². The predicted octanol–water partition coefficient (Wildman–Crippen LogP) is 3.37. The molecule has 0 bridgehead atoms. The molecule has 0 aromatic heterocycles. The molecule has 1 aromatic rings. The molecule has 0 saturated carbocycles. The van der Waals surface area contributed by atoms with Crippen LogP contribution < -0.4 is 0 Å². The van der Waals surface area contributed by atoms with Crippen molar-refractivity contribution in [3.8, 4) is 11.8 Å². The topological polar surface area (TPSA) is 44.0 Å². The Bertz CT molecular complexity index is 382. The molecule has 2 nitrogen and oxygen atoms in total. The van der Waals surface area contributed by atoms with Crippen molar-refractivity contribution < 1.29 is 5.11 Å². The first-order valence-corrected chi connectivity index (χ1v) is 4.86. The second-order valence-electron chi connectivity index (χ2n) is 3.27. The Hall–Kier alpha value is -1.20. The third-order valence-corrected chi connectivity index (χ3v) is 2.46. The summed E-state index contributed by atoms with van der Waals surface area (Å²) < 4.78 is 0. The molecular formula is C11H12ClNO. The molecule has 0 saturated heterocycles. The van der Waals surface area contributed by atoms with Gasteiger partial charge in [0, 0.05) is 5.56 Å². The molecule has 1 atom stereocenters. The van der Waals surface area contributed by atoms with E-state index < -0.39 is 0 Å². The van der Waals surface area contributed by atoms with E-state index >= 15 is 0 Å². The van der Waals surface area contributed by atoms with E-state index in [2.05, 4.69) is 6.07 Å². The van der Waals surface area contributed by atoms with Gasteiger partial charge in [0.05, 0.1) is 17.0 Å². The SMILES string of the molecule is CCC(C#N)c1cc(C)cc(Cl)c1O. The molecule has 0 spiro atoms. The number of aryl methyl sites for hydroxylation is 1. The zero-order chi connectivity index (χ0) is 10.7. The van der Waals surface area contributed by atoms with E-state index in [4.69, 9.17) is 16.9 Å². The highest BCUT2D eigenvalue weighted by Gasteiger charge is 2.15. The number of hydrogen-bond acceptors (Lipinski definition) is 2. The Labute approximate surface area is 88.7 Å². The van der Waals surface area contributed by atoms with Crippen LogP contribution in [0.2, 0.25) is 5.02 Å². The van der Waals surface area contributed by atoms with Crippen LogP contribution in [-0.4, -0.2) is 5.11 Å². The second kappa shape index (κ2) is 4.34. The highest BCUT2D eigenvalue weighted by atomic mass is 35.5. The van der Waals surface area contributed by atoms with Crippen molar-refractivity contribution in [1.29, 1.82) is 5.26 Å². The summed E-state index contributed by atoms with van der Waals surface area (Å²) in [5, 5.41) is 18.9. The normalized spacial score (nSPS) is 12.1. The van der Waals surface area contributed by atoms with E-state index in [1.165, 1.54) is 0 Å². The van der Waals surface area contributed by atoms with Crippen LogP contribution in [0.5, 0.6) is 5.75 Å². The molecule has 74 valence electrons. The van der Waals surface area contributed by atoms with E-state index in [1.54, 1.807) is 12.1 Å². The summed E-state index contributed by atoms with van der Waals surface area (Å²) in [6, 6.07) is 5.63. The number of nitriles is 1. The molecule has 3 heteroatoms. The molecule has 0 radical (unpaired) electrons. The summed E-state index contributed by atoms with van der Waals surface area (Å²) in [6.45, 7) is 3.79. The molecular weight excluding hydrogens is 198 g/mol. The largest absolute Gasteiger partial charge is 0.506 e. The van der Waals surface area contributed by atoms with Crippen molar-refractivity contribution in [1.82, 2.24) is 0 Å². The molecule has 1 N–H and O–H groups in total. The number of benzene rings is 1. The fourth-order valence-electron chi connectivity index (χ4n) is 1.41. The Morgan fingerprint density at radius 3 is 2.71 bits per heavy atom. The lowest BCUT2D eigenvalue weighted by molar-refractivity contribution is 0.465. The molecule has 0 aliphatic rings. The van der Waals surface area contributed by atoms with Crippen LogP contribution in [0.4, 0.5) is 0 Å². The maximum Gasteiger partial charge on any atom is 0.138 e. The molecule has 1 aromatic carbocycles. The number of hydrogen-bond donors (Lipinski definition) is 1. The number of phenolic OH excluding ortho intramolecular Hbond substituents is 1. The number of halogens is 1. The van der Waals surface area contributed by atoms with E-state index in [0.29, 0.717) is 17.0 Å². The van der Waals surface area contributed by atoms with E-state index in [-0.39, 0.29) is 11.7 Å². The third kappa shape index (κ3) is 2.00. The van der Waals surface area contributed by atoms with Gasteiger partial charge < -0.3 is 5.11 Å². The van der Waals surface area contributed by atoms with Crippen LogP contribution >= 0.6 is 11.6 Å². The Morgan fingerprint density at radius 1 is 1.57 bits per heavy atom. The summed E-state index contributed by atoms with van der Waals surface area (Å²) >= 11 is 5.82. The summed E-state index contributed by atoms with van der Waals surface area (Å²) in [7, 11) is 0. The molecule has 0 aliphatic heterocycles. The lowest BCUT2D eigenvalue weighted by Gasteiger charge is -2.11. The van der Waals surface area contributed by atoms with Gasteiger partial charge in [0.25, 0.3) is 0 Å². The van der Waals surface area contributed by atoms with Crippen molar-refractivity contribution in [3.63, 3.8) is 0 Å². The fraction of sp³-hybridized carbons (Fsp3) is 0.364. The molecule has 0 fully saturated rings. The average molecular weight is 210 g/mol. The zero-order valence-electron chi connectivity index (χ0n) is 8.21. The minimum atomic E-state index is -0.285. The van der Waals surface area contributed by atoms with Gasteiger partial charge in [-0.1, -0.05) is 24.6 Å². The molecule has 1 unspecified atom stereocenters. The van der Waals surface area contributed by atoms with Crippen LogP contribution in [0, 0.1) is 18.3 Å². The van der Waals surface area contributed by atoms with Gasteiger partial charge in [-0.25, -0.2) is 0 Å². The van der Waals surface area contributed by atoms with Gasteiger partial charge >= 0.3 is 0 Å². The number of rotatable bonds is 2. The maximum atomic E-state index is 9.67. The quantitative estimate of drug-likeness (QED) is 0.812. The van der Waals surface area contributed by atoms with E-state index in [0.717, 1.165) is 5.56 Å². The Balaban J connectivity index is 3.27. The highest BCUT2D eigenvalue weighted by Crippen LogP contribution is 2.34. The van der Waals surface area contributed by atoms with Crippen LogP contribution in [0.1, 0.15) is 30.4 Å². The lowest BCUT2D eigenvalue weighted by Crippen LogP contribution is -1.95. The van der Waals surface area contributed by atoms with Crippen LogP contribution in [0.25, 0.3) is 0 Å². The van der Waals surface area contributed by atoms with Gasteiger partial charge in [0.1, 0.15) is 5.75 Å². The first-order valence-electron chi connectivity index (χ1n) is 4.48. The van der Waals surface area contributed by atoms with Gasteiger partial charge in [0.15, 0.2) is 0 Å². The van der Waals surface area contributed by atoms with Crippen LogP contribution in [0.15, 0.2) is 12.1 Å². The lowest BCUT2D eigenvalue weighted by atomic mass is 9.95. The summed E-state index contributed by atoms with van der Waals surface area (Å²) in [6.07, 6.45) is 0.670. The first-order chi connectivity index (χ1) is 6.60. The van der Waals surface area contributed by atoms with Crippen LogP contribution in [0.3, 0.4) is 0 Å². The average Bonchev–Trinajstić information content (AvgIpc) is 2.15. The molecule has 14 heavy (non-hydrogen) atoms. The minimum absolute atomic E-state index is 0.0330. The van der Waals surface area contributed by atoms with Gasteiger partial charge in [-0.2, -0.15) is 5.26 Å². The van der Waals surface area contributed by atoms with Crippen molar-refractivity contribution in [2.24, 2.45) is 0 Å². The highest BCUT2D eigenvalue weighted by molar-refractivity contribution is 6.32. The Morgan fingerprint density at radius 2 is 2.21 bits per heavy atom. The molecule has 0 amide bonds. The monoisotopic (exact) mass is 209 g/mol. The molecule has 1 rings (SSSR count). The van der Waals surface area contributed by atoms with Crippen molar-refractivity contribution >= 4 is 11.6 Å². The number of phenols is 1. The summed E-state index contributed by atoms with van der Waals surface area (Å²) in [4.78, 5) is 0. The fourth-order valence-corrected chi connectivity index (χ4v) is 1.69. The predicted molar refractivity (Wildman–Crippen MR) is 56.5 cm³/mol. The van der Waals surface area contributed by atoms with Crippen molar-refractivity contribution in [3.05, 3.63) is 28.3 Å². The standard InChI is InChI=1S/C11H12ClNO/c1-3-8(6-13)9-4-7(2)5-10(12)11(9)14/h4-5,8,14H,3H2,1-2H3. The molecule has 0 heterocycles. The van der Waals surface area contributed by atoms with Gasteiger partial charge in [-0.3, -0.25) is 0 Å². The first kappa shape index (κ1) is 10.9. The van der Waals surface area contributed by atoms with Gasteiger partial charge in [-0.15, -0.1) is 0 Å². The van der Waals surface area contributed by atoms with Gasteiger partial charge in [0.2, 0.25) is 0 Å². The summed E-state index contributed by atoms with van der Waals surface area (Å²) in [5.41, 5.74) is 1.58. The van der Waals surface area contributed by atoms with E-state index in [1.807, 2.05) is 13.8 Å². The summed E-state index contributed by atoms with van der Waals surface area (Å²) in [5.74, 6) is -0.252.